The number of aromatic nitrogens is 1. The van der Waals surface area contributed by atoms with Gasteiger partial charge in [-0.1, -0.05) is 54.0 Å². The molecule has 1 aromatic carbocycles. The second-order valence-corrected chi connectivity index (χ2v) is 9.53. The van der Waals surface area contributed by atoms with E-state index in [1.807, 2.05) is 13.8 Å². The van der Waals surface area contributed by atoms with Crippen LogP contribution in [0.3, 0.4) is 0 Å². The third-order valence-electron chi connectivity index (χ3n) is 6.56. The Hall–Kier alpha value is -2.88. The zero-order valence-corrected chi connectivity index (χ0v) is 19.5. The van der Waals surface area contributed by atoms with Crippen molar-refractivity contribution in [1.29, 1.82) is 0 Å². The summed E-state index contributed by atoms with van der Waals surface area (Å²) in [6.45, 7) is 7.21. The van der Waals surface area contributed by atoms with Gasteiger partial charge >= 0.3 is 6.18 Å². The van der Waals surface area contributed by atoms with Crippen LogP contribution in [0.4, 0.5) is 13.2 Å². The number of halogens is 3. The number of oxime groups is 1. The number of benzene rings is 1. The Morgan fingerprint density at radius 1 is 1.24 bits per heavy atom. The maximum atomic E-state index is 14.3. The molecule has 7 nitrogen and oxygen atoms in total. The number of hydrogen-bond acceptors (Lipinski definition) is 6. The molecule has 2 aliphatic heterocycles. The Morgan fingerprint density at radius 3 is 2.47 bits per heavy atom. The SMILES string of the molecule is Cc1ccc([C@]2(C(F)(F)F)CC([C@@H]3C[C@@H](O)CN3C(=O)[C@H](c3cc(C)no3)C(C)C)=NO2)cc1. The molecule has 0 radical (unpaired) electrons. The zero-order valence-electron chi connectivity index (χ0n) is 19.5. The molecule has 0 bridgehead atoms. The molecule has 0 unspecified atom stereocenters. The third-order valence-corrected chi connectivity index (χ3v) is 6.56. The van der Waals surface area contributed by atoms with Crippen LogP contribution >= 0.6 is 0 Å². The Balaban J connectivity index is 1.64. The molecule has 1 N–H and O–H groups in total. The molecule has 0 aliphatic carbocycles. The van der Waals surface area contributed by atoms with E-state index >= 15 is 0 Å². The van der Waals surface area contributed by atoms with Crippen LogP contribution in [0, 0.1) is 19.8 Å². The van der Waals surface area contributed by atoms with Crippen LogP contribution in [0.25, 0.3) is 0 Å². The van der Waals surface area contributed by atoms with Crippen molar-refractivity contribution >= 4 is 11.6 Å². The van der Waals surface area contributed by atoms with E-state index in [1.54, 1.807) is 32.0 Å². The number of hydrogen-bond donors (Lipinski definition) is 1. The van der Waals surface area contributed by atoms with E-state index in [0.29, 0.717) is 11.5 Å². The van der Waals surface area contributed by atoms with Crippen molar-refractivity contribution < 1.29 is 32.4 Å². The van der Waals surface area contributed by atoms with Crippen molar-refractivity contribution in [2.75, 3.05) is 6.54 Å². The van der Waals surface area contributed by atoms with Crippen LogP contribution in [0.2, 0.25) is 0 Å². The predicted octanol–water partition coefficient (Wildman–Crippen LogP) is 4.23. The van der Waals surface area contributed by atoms with Crippen molar-refractivity contribution in [3.63, 3.8) is 0 Å². The van der Waals surface area contributed by atoms with Gasteiger partial charge in [-0.15, -0.1) is 0 Å². The lowest BCUT2D eigenvalue weighted by Crippen LogP contribution is -2.47. The first-order valence-corrected chi connectivity index (χ1v) is 11.2. The number of aliphatic hydroxyl groups excluding tert-OH is 1. The van der Waals surface area contributed by atoms with Gasteiger partial charge in [0.1, 0.15) is 11.7 Å². The molecule has 2 aliphatic rings. The fraction of sp³-hybridized carbons (Fsp3) is 0.542. The molecule has 3 heterocycles. The molecule has 1 saturated heterocycles. The van der Waals surface area contributed by atoms with Gasteiger partial charge in [-0.2, -0.15) is 13.2 Å². The number of nitrogens with zero attached hydrogens (tertiary/aromatic N) is 3. The van der Waals surface area contributed by atoms with E-state index in [2.05, 4.69) is 10.3 Å². The number of aryl methyl sites for hydroxylation is 2. The van der Waals surface area contributed by atoms with Crippen molar-refractivity contribution in [1.82, 2.24) is 10.1 Å². The highest BCUT2D eigenvalue weighted by molar-refractivity contribution is 5.96. The van der Waals surface area contributed by atoms with Gasteiger partial charge in [0.2, 0.25) is 5.91 Å². The number of amides is 1. The van der Waals surface area contributed by atoms with Crippen LogP contribution in [-0.2, 0) is 15.2 Å². The van der Waals surface area contributed by atoms with Crippen molar-refractivity contribution in [2.24, 2.45) is 11.1 Å². The van der Waals surface area contributed by atoms with E-state index in [9.17, 15) is 23.1 Å². The van der Waals surface area contributed by atoms with Gasteiger partial charge in [0.05, 0.1) is 23.6 Å². The molecule has 4 atom stereocenters. The molecule has 0 spiro atoms. The fourth-order valence-electron chi connectivity index (χ4n) is 4.75. The molecule has 0 saturated carbocycles. The summed E-state index contributed by atoms with van der Waals surface area (Å²) in [7, 11) is 0. The quantitative estimate of drug-likeness (QED) is 0.694. The first kappa shape index (κ1) is 24.3. The Labute approximate surface area is 195 Å². The summed E-state index contributed by atoms with van der Waals surface area (Å²) in [5.41, 5.74) is -1.18. The van der Waals surface area contributed by atoms with Gasteiger partial charge in [0, 0.05) is 31.0 Å². The van der Waals surface area contributed by atoms with Crippen LogP contribution < -0.4 is 0 Å². The number of β-amino-alcohol motifs (C(OH)–C–C–N with tert-alkyl or cyclic N) is 1. The minimum absolute atomic E-state index is 0.0115. The number of alkyl halides is 3. The van der Waals surface area contributed by atoms with Crippen LogP contribution in [0.1, 0.15) is 55.2 Å². The molecule has 1 fully saturated rings. The highest BCUT2D eigenvalue weighted by Crippen LogP contribution is 2.49. The molecular weight excluding hydrogens is 451 g/mol. The molecular formula is C24H28F3N3O4. The summed E-state index contributed by atoms with van der Waals surface area (Å²) in [6.07, 6.45) is -6.11. The maximum Gasteiger partial charge on any atom is 0.435 e. The van der Waals surface area contributed by atoms with Gasteiger partial charge in [-0.3, -0.25) is 4.79 Å². The smallest absolute Gasteiger partial charge is 0.391 e. The molecule has 34 heavy (non-hydrogen) atoms. The third kappa shape index (κ3) is 4.19. The molecule has 1 aromatic heterocycles. The van der Waals surface area contributed by atoms with E-state index in [1.165, 1.54) is 17.0 Å². The highest BCUT2D eigenvalue weighted by atomic mass is 19.4. The van der Waals surface area contributed by atoms with Gasteiger partial charge in [0.25, 0.3) is 5.60 Å². The molecule has 184 valence electrons. The largest absolute Gasteiger partial charge is 0.435 e. The summed E-state index contributed by atoms with van der Waals surface area (Å²) in [4.78, 5) is 20.1. The zero-order chi connectivity index (χ0) is 24.8. The second-order valence-electron chi connectivity index (χ2n) is 9.53. The van der Waals surface area contributed by atoms with Crippen LogP contribution in [0.15, 0.2) is 40.0 Å². The van der Waals surface area contributed by atoms with E-state index in [-0.39, 0.29) is 36.1 Å². The normalized spacial score (nSPS) is 26.0. The fourth-order valence-corrected chi connectivity index (χ4v) is 4.75. The van der Waals surface area contributed by atoms with E-state index in [0.717, 1.165) is 5.56 Å². The molecule has 10 heteroatoms. The average molecular weight is 479 g/mol. The van der Waals surface area contributed by atoms with Crippen molar-refractivity contribution in [3.05, 3.63) is 52.9 Å². The van der Waals surface area contributed by atoms with Crippen LogP contribution in [0.5, 0.6) is 0 Å². The minimum atomic E-state index is -4.74. The topological polar surface area (TPSA) is 88.2 Å². The molecule has 2 aromatic rings. The summed E-state index contributed by atoms with van der Waals surface area (Å²) in [5, 5.41) is 18.1. The van der Waals surface area contributed by atoms with Crippen molar-refractivity contribution in [2.45, 2.75) is 70.4 Å². The Morgan fingerprint density at radius 2 is 1.91 bits per heavy atom. The highest BCUT2D eigenvalue weighted by Gasteiger charge is 2.63. The average Bonchev–Trinajstić information content (AvgIpc) is 3.46. The Bertz CT molecular complexity index is 1080. The van der Waals surface area contributed by atoms with Gasteiger partial charge in [0.15, 0.2) is 0 Å². The lowest BCUT2D eigenvalue weighted by atomic mass is 9.85. The Kier molecular flexibility index (Phi) is 6.22. The van der Waals surface area contributed by atoms with Crippen molar-refractivity contribution in [3.8, 4) is 0 Å². The summed E-state index contributed by atoms with van der Waals surface area (Å²) in [5.74, 6) is -0.829. The van der Waals surface area contributed by atoms with E-state index < -0.39 is 36.3 Å². The maximum absolute atomic E-state index is 14.3. The number of rotatable bonds is 5. The molecule has 1 amide bonds. The van der Waals surface area contributed by atoms with Gasteiger partial charge in [-0.05, 0) is 19.8 Å². The molecule has 4 rings (SSSR count). The van der Waals surface area contributed by atoms with Gasteiger partial charge < -0.3 is 19.4 Å². The number of carbonyl (C=O) groups excluding carboxylic acids is 1. The summed E-state index contributed by atoms with van der Waals surface area (Å²) >= 11 is 0. The summed E-state index contributed by atoms with van der Waals surface area (Å²) in [6, 6.07) is 6.80. The predicted molar refractivity (Wildman–Crippen MR) is 117 cm³/mol. The minimum Gasteiger partial charge on any atom is -0.391 e. The van der Waals surface area contributed by atoms with Gasteiger partial charge in [-0.25, -0.2) is 0 Å². The lowest BCUT2D eigenvalue weighted by molar-refractivity contribution is -0.275. The first-order valence-electron chi connectivity index (χ1n) is 11.2. The van der Waals surface area contributed by atoms with Crippen LogP contribution in [-0.4, -0.2) is 51.6 Å². The first-order chi connectivity index (χ1) is 15.9. The lowest BCUT2D eigenvalue weighted by Gasteiger charge is -2.31. The number of aliphatic hydroxyl groups is 1. The number of likely N-dealkylation sites (tertiary alicyclic amines) is 1. The second kappa shape index (κ2) is 8.72. The standard InChI is InChI=1S/C24H28F3N3O4/c1-13(2)21(20-9-15(4)28-33-20)22(32)30-12-17(31)10-19(30)18-11-23(34-29-18,24(25,26)27)16-7-5-14(3)6-8-16/h5-9,13,17,19,21,31H,10-12H2,1-4H3/t17-,19+,21+,23+/m1/s1. The monoisotopic (exact) mass is 479 g/mol. The number of carbonyl (C=O) groups is 1. The summed E-state index contributed by atoms with van der Waals surface area (Å²) < 4.78 is 48.3. The van der Waals surface area contributed by atoms with E-state index in [4.69, 9.17) is 9.36 Å².